The number of benzene rings is 1. The summed E-state index contributed by atoms with van der Waals surface area (Å²) in [5.74, 6) is 0. The molecular formula is C11H13BrN2S. The van der Waals surface area contributed by atoms with Crippen molar-refractivity contribution in [2.45, 2.75) is 6.42 Å². The van der Waals surface area contributed by atoms with Crippen LogP contribution in [-0.2, 0) is 6.42 Å². The van der Waals surface area contributed by atoms with Gasteiger partial charge >= 0.3 is 0 Å². The third-order valence-electron chi connectivity index (χ3n) is 1.98. The smallest absolute Gasteiger partial charge is 0.0945 e. The van der Waals surface area contributed by atoms with Gasteiger partial charge in [0, 0.05) is 17.4 Å². The fraction of sp³-hybridized carbons (Fsp3) is 0.182. The summed E-state index contributed by atoms with van der Waals surface area (Å²) in [5, 5.41) is 3.20. The van der Waals surface area contributed by atoms with Crippen molar-refractivity contribution in [3.05, 3.63) is 40.7 Å². The van der Waals surface area contributed by atoms with Gasteiger partial charge in [0.15, 0.2) is 0 Å². The number of hydrogen-bond acceptors (Lipinski definition) is 3. The summed E-state index contributed by atoms with van der Waals surface area (Å²) >= 11 is 1.68. The van der Waals surface area contributed by atoms with Crippen LogP contribution >= 0.6 is 28.3 Å². The fourth-order valence-electron chi connectivity index (χ4n) is 1.29. The highest BCUT2D eigenvalue weighted by atomic mass is 79.9. The summed E-state index contributed by atoms with van der Waals surface area (Å²) in [6, 6.07) is 10.2. The van der Waals surface area contributed by atoms with E-state index in [2.05, 4.69) is 22.5 Å². The molecule has 0 fully saturated rings. The van der Waals surface area contributed by atoms with E-state index in [1.165, 1.54) is 5.56 Å². The number of rotatable bonds is 3. The summed E-state index contributed by atoms with van der Waals surface area (Å²) in [5.41, 5.74) is 7.70. The van der Waals surface area contributed by atoms with E-state index >= 15 is 0 Å². The van der Waals surface area contributed by atoms with E-state index in [0.717, 1.165) is 17.1 Å². The molecule has 1 heterocycles. The summed E-state index contributed by atoms with van der Waals surface area (Å²) < 4.78 is 0. The quantitative estimate of drug-likeness (QED) is 0.941. The monoisotopic (exact) mass is 284 g/mol. The zero-order valence-electron chi connectivity index (χ0n) is 8.22. The molecule has 1 aromatic carbocycles. The van der Waals surface area contributed by atoms with Crippen molar-refractivity contribution in [1.29, 1.82) is 0 Å². The molecule has 0 saturated heterocycles. The van der Waals surface area contributed by atoms with E-state index in [1.54, 1.807) is 11.3 Å². The van der Waals surface area contributed by atoms with Gasteiger partial charge in [0.1, 0.15) is 0 Å². The Labute approximate surface area is 104 Å². The maximum atomic E-state index is 5.48. The van der Waals surface area contributed by atoms with Gasteiger partial charge < -0.3 is 5.73 Å². The van der Waals surface area contributed by atoms with Gasteiger partial charge in [-0.3, -0.25) is 0 Å². The third-order valence-corrected chi connectivity index (χ3v) is 2.89. The number of hydrogen-bond donors (Lipinski definition) is 1. The number of nitrogens with two attached hydrogens (primary N) is 1. The number of nitrogens with zero attached hydrogens (tertiary/aromatic N) is 1. The maximum absolute atomic E-state index is 5.48. The highest BCUT2D eigenvalue weighted by Gasteiger charge is 2.02. The summed E-state index contributed by atoms with van der Waals surface area (Å²) in [6.45, 7) is 0.668. The molecule has 0 radical (unpaired) electrons. The lowest BCUT2D eigenvalue weighted by Gasteiger charge is -1.94. The summed E-state index contributed by atoms with van der Waals surface area (Å²) in [6.07, 6.45) is 0.873. The van der Waals surface area contributed by atoms with Gasteiger partial charge in [0.25, 0.3) is 0 Å². The Morgan fingerprint density at radius 2 is 1.93 bits per heavy atom. The van der Waals surface area contributed by atoms with E-state index in [9.17, 15) is 0 Å². The second-order valence-electron chi connectivity index (χ2n) is 3.03. The molecule has 0 saturated carbocycles. The van der Waals surface area contributed by atoms with Gasteiger partial charge in [-0.1, -0.05) is 30.3 Å². The minimum Gasteiger partial charge on any atom is -0.330 e. The molecule has 0 amide bonds. The predicted molar refractivity (Wildman–Crippen MR) is 70.6 cm³/mol. The molecule has 0 spiro atoms. The maximum Gasteiger partial charge on any atom is 0.0945 e. The first-order valence-corrected chi connectivity index (χ1v) is 5.48. The molecule has 0 aliphatic carbocycles. The van der Waals surface area contributed by atoms with Crippen molar-refractivity contribution in [2.75, 3.05) is 6.54 Å². The van der Waals surface area contributed by atoms with Crippen molar-refractivity contribution < 1.29 is 0 Å². The Morgan fingerprint density at radius 1 is 1.20 bits per heavy atom. The second-order valence-corrected chi connectivity index (χ2v) is 3.97. The van der Waals surface area contributed by atoms with Crippen molar-refractivity contribution >= 4 is 28.3 Å². The summed E-state index contributed by atoms with van der Waals surface area (Å²) in [7, 11) is 0. The van der Waals surface area contributed by atoms with Crippen LogP contribution in [0.5, 0.6) is 0 Å². The molecule has 0 atom stereocenters. The molecule has 2 nitrogen and oxygen atoms in total. The van der Waals surface area contributed by atoms with Crippen LogP contribution in [-0.4, -0.2) is 11.5 Å². The minimum atomic E-state index is 0. The molecule has 0 unspecified atom stereocenters. The molecular weight excluding hydrogens is 272 g/mol. The van der Waals surface area contributed by atoms with Crippen molar-refractivity contribution in [1.82, 2.24) is 4.98 Å². The Balaban J connectivity index is 0.00000112. The predicted octanol–water partition coefficient (Wildman–Crippen LogP) is 2.89. The van der Waals surface area contributed by atoms with E-state index in [0.29, 0.717) is 6.54 Å². The number of aromatic nitrogens is 1. The molecule has 2 rings (SSSR count). The lowest BCUT2D eigenvalue weighted by atomic mass is 10.2. The minimum absolute atomic E-state index is 0. The normalized spacial score (nSPS) is 9.67. The Hall–Kier alpha value is -0.710. The van der Waals surface area contributed by atoms with Crippen LogP contribution < -0.4 is 5.73 Å². The van der Waals surface area contributed by atoms with Gasteiger partial charge in [0.05, 0.1) is 10.7 Å². The van der Waals surface area contributed by atoms with Crippen LogP contribution in [0.2, 0.25) is 0 Å². The van der Waals surface area contributed by atoms with Crippen LogP contribution in [0, 0.1) is 0 Å². The highest BCUT2D eigenvalue weighted by Crippen LogP contribution is 2.21. The summed E-state index contributed by atoms with van der Waals surface area (Å²) in [4.78, 5) is 4.51. The average molecular weight is 285 g/mol. The largest absolute Gasteiger partial charge is 0.330 e. The van der Waals surface area contributed by atoms with Gasteiger partial charge in [0.2, 0.25) is 0 Å². The Kier molecular flexibility index (Phi) is 4.94. The first-order valence-electron chi connectivity index (χ1n) is 4.60. The van der Waals surface area contributed by atoms with E-state index < -0.39 is 0 Å². The van der Waals surface area contributed by atoms with Crippen LogP contribution in [0.1, 0.15) is 5.01 Å². The van der Waals surface area contributed by atoms with Gasteiger partial charge in [-0.05, 0) is 6.54 Å². The molecule has 2 aromatic rings. The number of halogens is 1. The van der Waals surface area contributed by atoms with Crippen LogP contribution in [0.3, 0.4) is 0 Å². The van der Waals surface area contributed by atoms with Crippen molar-refractivity contribution in [3.8, 4) is 11.3 Å². The van der Waals surface area contributed by atoms with Gasteiger partial charge in [-0.25, -0.2) is 4.98 Å². The Bertz CT molecular complexity index is 400. The molecule has 80 valence electrons. The molecule has 4 heteroatoms. The zero-order chi connectivity index (χ0) is 9.80. The van der Waals surface area contributed by atoms with Crippen LogP contribution in [0.25, 0.3) is 11.3 Å². The standard InChI is InChI=1S/C11H12N2S.BrH/c12-7-6-11-13-10(8-14-11)9-4-2-1-3-5-9;/h1-5,8H,6-7,12H2;1H. The average Bonchev–Trinajstić information content (AvgIpc) is 2.68. The number of thiazole rings is 1. The molecule has 0 aliphatic rings. The third kappa shape index (κ3) is 3.12. The van der Waals surface area contributed by atoms with E-state index in [1.807, 2.05) is 18.2 Å². The fourth-order valence-corrected chi connectivity index (χ4v) is 2.11. The first-order chi connectivity index (χ1) is 6.90. The van der Waals surface area contributed by atoms with Crippen molar-refractivity contribution in [2.24, 2.45) is 5.73 Å². The molecule has 15 heavy (non-hydrogen) atoms. The second kappa shape index (κ2) is 6.00. The molecule has 0 aliphatic heterocycles. The molecule has 2 N–H and O–H groups in total. The highest BCUT2D eigenvalue weighted by molar-refractivity contribution is 8.93. The lowest BCUT2D eigenvalue weighted by Crippen LogP contribution is -2.01. The van der Waals surface area contributed by atoms with E-state index in [-0.39, 0.29) is 17.0 Å². The van der Waals surface area contributed by atoms with Crippen LogP contribution in [0.4, 0.5) is 0 Å². The van der Waals surface area contributed by atoms with Crippen molar-refractivity contribution in [3.63, 3.8) is 0 Å². The van der Waals surface area contributed by atoms with E-state index in [4.69, 9.17) is 5.73 Å². The molecule has 0 bridgehead atoms. The first kappa shape index (κ1) is 12.4. The Morgan fingerprint density at radius 3 is 2.60 bits per heavy atom. The SMILES string of the molecule is Br.NCCc1nc(-c2ccccc2)cs1. The zero-order valence-corrected chi connectivity index (χ0v) is 10.7. The van der Waals surface area contributed by atoms with Gasteiger partial charge in [-0.2, -0.15) is 0 Å². The molecule has 1 aromatic heterocycles. The van der Waals surface area contributed by atoms with Crippen LogP contribution in [0.15, 0.2) is 35.7 Å². The van der Waals surface area contributed by atoms with Gasteiger partial charge in [-0.15, -0.1) is 28.3 Å². The topological polar surface area (TPSA) is 38.9 Å². The lowest BCUT2D eigenvalue weighted by molar-refractivity contribution is 0.954.